The van der Waals surface area contributed by atoms with Crippen LogP contribution in [0.15, 0.2) is 72.0 Å². The van der Waals surface area contributed by atoms with Crippen LogP contribution >= 0.6 is 0 Å². The summed E-state index contributed by atoms with van der Waals surface area (Å²) in [7, 11) is 1.31. The number of rotatable bonds is 11. The van der Waals surface area contributed by atoms with Gasteiger partial charge in [0.05, 0.1) is 24.3 Å². The molecule has 35 heavy (non-hydrogen) atoms. The van der Waals surface area contributed by atoms with Crippen molar-refractivity contribution >= 4 is 23.7 Å². The number of hydrogen-bond donors (Lipinski definition) is 1. The molecule has 1 unspecified atom stereocenters. The predicted octanol–water partition coefficient (Wildman–Crippen LogP) is 4.18. The molecule has 1 amide bonds. The maximum atomic E-state index is 13.2. The molecule has 3 rings (SSSR count). The fourth-order valence-corrected chi connectivity index (χ4v) is 4.23. The second-order valence-electron chi connectivity index (χ2n) is 8.27. The van der Waals surface area contributed by atoms with Gasteiger partial charge in [-0.05, 0) is 55.4 Å². The van der Waals surface area contributed by atoms with Crippen molar-refractivity contribution in [3.63, 3.8) is 0 Å². The average molecular weight is 477 g/mol. The number of esters is 1. The number of hydrogen-bond acceptors (Lipinski definition) is 6. The number of carbonyl (C=O) groups excluding carboxylic acids is 3. The van der Waals surface area contributed by atoms with E-state index in [0.717, 1.165) is 25.2 Å². The quantitative estimate of drug-likeness (QED) is 0.387. The summed E-state index contributed by atoms with van der Waals surface area (Å²) in [6.07, 6.45) is 3.73. The van der Waals surface area contributed by atoms with Crippen molar-refractivity contribution in [3.05, 3.63) is 88.7 Å². The number of ether oxygens (including phenoxy) is 1. The second kappa shape index (κ2) is 12.1. The maximum absolute atomic E-state index is 13.2. The van der Waals surface area contributed by atoms with Crippen molar-refractivity contribution in [3.8, 4) is 0 Å². The average Bonchev–Trinajstić information content (AvgIpc) is 3.15. The van der Waals surface area contributed by atoms with Gasteiger partial charge in [0.2, 0.25) is 0 Å². The number of allylic oxidation sites excluding steroid dienone is 1. The van der Waals surface area contributed by atoms with Crippen LogP contribution in [0.3, 0.4) is 0 Å². The third kappa shape index (κ3) is 6.05. The minimum Gasteiger partial charge on any atom is -0.503 e. The van der Waals surface area contributed by atoms with Gasteiger partial charge in [-0.3, -0.25) is 9.59 Å². The Morgan fingerprint density at radius 3 is 2.31 bits per heavy atom. The summed E-state index contributed by atoms with van der Waals surface area (Å²) in [5, 5.41) is 10.8. The summed E-state index contributed by atoms with van der Waals surface area (Å²) in [4.78, 5) is 42.0. The first-order valence-electron chi connectivity index (χ1n) is 11.8. The van der Waals surface area contributed by atoms with Crippen molar-refractivity contribution in [2.45, 2.75) is 26.3 Å². The molecule has 0 spiro atoms. The monoisotopic (exact) mass is 476 g/mol. The predicted molar refractivity (Wildman–Crippen MR) is 135 cm³/mol. The van der Waals surface area contributed by atoms with Crippen LogP contribution in [0.5, 0.6) is 0 Å². The zero-order chi connectivity index (χ0) is 25.4. The molecule has 1 aliphatic rings. The summed E-state index contributed by atoms with van der Waals surface area (Å²) < 4.78 is 4.77. The number of methoxy groups -OCH3 is 1. The zero-order valence-corrected chi connectivity index (χ0v) is 20.4. The lowest BCUT2D eigenvalue weighted by molar-refractivity contribution is -0.129. The largest absolute Gasteiger partial charge is 0.503 e. The number of nitrogens with zero attached hydrogens (tertiary/aromatic N) is 2. The van der Waals surface area contributed by atoms with Crippen molar-refractivity contribution in [1.29, 1.82) is 0 Å². The van der Waals surface area contributed by atoms with Gasteiger partial charge in [-0.2, -0.15) is 0 Å². The molecule has 7 heteroatoms. The third-order valence-electron chi connectivity index (χ3n) is 6.21. The van der Waals surface area contributed by atoms with Gasteiger partial charge >= 0.3 is 5.97 Å². The van der Waals surface area contributed by atoms with Gasteiger partial charge in [0.15, 0.2) is 11.5 Å². The van der Waals surface area contributed by atoms with E-state index >= 15 is 0 Å². The molecule has 1 atom stereocenters. The molecule has 0 saturated carbocycles. The molecule has 2 aromatic rings. The molecule has 0 radical (unpaired) electrons. The smallest absolute Gasteiger partial charge is 0.337 e. The molecule has 1 heterocycles. The van der Waals surface area contributed by atoms with Crippen LogP contribution in [0.2, 0.25) is 0 Å². The summed E-state index contributed by atoms with van der Waals surface area (Å²) in [5.41, 5.74) is 1.87. The highest BCUT2D eigenvalue weighted by Crippen LogP contribution is 2.38. The molecule has 0 saturated heterocycles. The molecule has 0 aliphatic carbocycles. The highest BCUT2D eigenvalue weighted by molar-refractivity contribution is 6.14. The topological polar surface area (TPSA) is 87.2 Å². The number of ketones is 1. The van der Waals surface area contributed by atoms with Crippen molar-refractivity contribution < 1.29 is 24.2 Å². The standard InChI is InChI=1S/C28H32N2O5/c1-4-29(5-2)18-9-19-30-25(21-13-15-22(16-14-21)28(34)35-3)24(26(32)27(30)33)23(31)17-12-20-10-7-6-8-11-20/h6-8,10-17,25,32H,4-5,9,18-19H2,1-3H3. The van der Waals surface area contributed by atoms with Crippen LogP contribution in [0, 0.1) is 0 Å². The number of benzene rings is 2. The number of carbonyl (C=O) groups is 3. The van der Waals surface area contributed by atoms with Crippen LogP contribution in [0.1, 0.15) is 47.8 Å². The minimum absolute atomic E-state index is 0.0378. The zero-order valence-electron chi connectivity index (χ0n) is 20.4. The molecule has 0 aromatic heterocycles. The SMILES string of the molecule is CCN(CC)CCCN1C(=O)C(O)=C(C(=O)C=Cc2ccccc2)C1c1ccc(C(=O)OC)cc1. The van der Waals surface area contributed by atoms with Gasteiger partial charge in [0.1, 0.15) is 0 Å². The highest BCUT2D eigenvalue weighted by atomic mass is 16.5. The van der Waals surface area contributed by atoms with Gasteiger partial charge in [0, 0.05) is 6.54 Å². The highest BCUT2D eigenvalue weighted by Gasteiger charge is 2.42. The summed E-state index contributed by atoms with van der Waals surface area (Å²) in [6.45, 7) is 7.14. The van der Waals surface area contributed by atoms with Crippen LogP contribution in [0.25, 0.3) is 6.08 Å². The van der Waals surface area contributed by atoms with Crippen molar-refractivity contribution in [2.24, 2.45) is 0 Å². The Kier molecular flexibility index (Phi) is 8.98. The first kappa shape index (κ1) is 25.9. The molecular formula is C28H32N2O5. The summed E-state index contributed by atoms with van der Waals surface area (Å²) >= 11 is 0. The molecule has 184 valence electrons. The Morgan fingerprint density at radius 1 is 1.06 bits per heavy atom. The Hall–Kier alpha value is -3.71. The molecule has 2 aromatic carbocycles. The number of amides is 1. The summed E-state index contributed by atoms with van der Waals surface area (Å²) in [5.74, 6) is -2.01. The van der Waals surface area contributed by atoms with E-state index < -0.39 is 29.5 Å². The van der Waals surface area contributed by atoms with Gasteiger partial charge in [-0.25, -0.2) is 4.79 Å². The van der Waals surface area contributed by atoms with E-state index in [2.05, 4.69) is 18.7 Å². The van der Waals surface area contributed by atoms with Gasteiger partial charge in [0.25, 0.3) is 5.91 Å². The first-order chi connectivity index (χ1) is 16.9. The Morgan fingerprint density at radius 2 is 1.71 bits per heavy atom. The van der Waals surface area contributed by atoms with E-state index in [4.69, 9.17) is 4.74 Å². The Labute approximate surface area is 206 Å². The van der Waals surface area contributed by atoms with Crippen molar-refractivity contribution in [1.82, 2.24) is 9.80 Å². The molecule has 1 N–H and O–H groups in total. The Bertz CT molecular complexity index is 1100. The molecule has 7 nitrogen and oxygen atoms in total. The van der Waals surface area contributed by atoms with E-state index in [0.29, 0.717) is 24.1 Å². The molecular weight excluding hydrogens is 444 g/mol. The van der Waals surface area contributed by atoms with Gasteiger partial charge < -0.3 is 19.6 Å². The third-order valence-corrected chi connectivity index (χ3v) is 6.21. The normalized spacial score (nSPS) is 15.9. The van der Waals surface area contributed by atoms with Crippen LogP contribution in [0.4, 0.5) is 0 Å². The van der Waals surface area contributed by atoms with E-state index in [-0.39, 0.29) is 5.57 Å². The molecule has 1 aliphatic heterocycles. The van der Waals surface area contributed by atoms with Crippen LogP contribution in [-0.4, -0.2) is 65.9 Å². The second-order valence-corrected chi connectivity index (χ2v) is 8.27. The molecule has 0 bridgehead atoms. The van der Waals surface area contributed by atoms with E-state index in [1.807, 2.05) is 30.3 Å². The lowest BCUT2D eigenvalue weighted by atomic mass is 9.94. The molecule has 0 fully saturated rings. The van der Waals surface area contributed by atoms with Crippen molar-refractivity contribution in [2.75, 3.05) is 33.3 Å². The van der Waals surface area contributed by atoms with Gasteiger partial charge in [-0.1, -0.05) is 62.4 Å². The minimum atomic E-state index is -0.751. The van der Waals surface area contributed by atoms with Crippen LogP contribution < -0.4 is 0 Å². The fraction of sp³-hybridized carbons (Fsp3) is 0.321. The number of aliphatic hydroxyl groups excluding tert-OH is 1. The maximum Gasteiger partial charge on any atom is 0.337 e. The lowest BCUT2D eigenvalue weighted by Gasteiger charge is -2.28. The fourth-order valence-electron chi connectivity index (χ4n) is 4.23. The van der Waals surface area contributed by atoms with E-state index in [9.17, 15) is 19.5 Å². The van der Waals surface area contributed by atoms with E-state index in [1.54, 1.807) is 30.3 Å². The lowest BCUT2D eigenvalue weighted by Crippen LogP contribution is -2.34. The van der Waals surface area contributed by atoms with Gasteiger partial charge in [-0.15, -0.1) is 0 Å². The summed E-state index contributed by atoms with van der Waals surface area (Å²) in [6, 6.07) is 15.1. The Balaban J connectivity index is 1.93. The first-order valence-corrected chi connectivity index (χ1v) is 11.8. The van der Waals surface area contributed by atoms with Crippen LogP contribution in [-0.2, 0) is 14.3 Å². The number of aliphatic hydroxyl groups is 1. The van der Waals surface area contributed by atoms with E-state index in [1.165, 1.54) is 18.1 Å².